The van der Waals surface area contributed by atoms with Gasteiger partial charge in [-0.25, -0.2) is 0 Å². The van der Waals surface area contributed by atoms with Gasteiger partial charge in [0.05, 0.1) is 0 Å². The van der Waals surface area contributed by atoms with Gasteiger partial charge < -0.3 is 14.8 Å². The lowest BCUT2D eigenvalue weighted by Crippen LogP contribution is -2.20. The number of carbonyl (C=O) groups is 1. The molecular weight excluding hydrogens is 278 g/mol. The summed E-state index contributed by atoms with van der Waals surface area (Å²) in [6.45, 7) is 2.72. The van der Waals surface area contributed by atoms with E-state index in [4.69, 9.17) is 9.47 Å². The average molecular weight is 295 g/mol. The van der Waals surface area contributed by atoms with Crippen molar-refractivity contribution in [3.63, 3.8) is 0 Å². The lowest BCUT2D eigenvalue weighted by Gasteiger charge is -2.04. The molecule has 1 heterocycles. The Morgan fingerprint density at radius 3 is 2.86 bits per heavy atom. The molecule has 0 saturated heterocycles. The van der Waals surface area contributed by atoms with Crippen molar-refractivity contribution < 1.29 is 14.3 Å². The fourth-order valence-electron chi connectivity index (χ4n) is 2.24. The van der Waals surface area contributed by atoms with Gasteiger partial charge in [0.25, 0.3) is 0 Å². The minimum atomic E-state index is -0.124. The highest BCUT2D eigenvalue weighted by Crippen LogP contribution is 2.32. The first kappa shape index (κ1) is 14.2. The van der Waals surface area contributed by atoms with Crippen molar-refractivity contribution in [1.82, 2.24) is 5.32 Å². The Kier molecular flexibility index (Phi) is 4.10. The number of benzene rings is 2. The third-order valence-electron chi connectivity index (χ3n) is 3.51. The number of hydrogen-bond acceptors (Lipinski definition) is 3. The highest BCUT2D eigenvalue weighted by atomic mass is 16.7. The molecule has 0 bridgehead atoms. The number of aryl methyl sites for hydroxylation is 1. The summed E-state index contributed by atoms with van der Waals surface area (Å²) >= 11 is 0. The normalized spacial score (nSPS) is 12.6. The molecule has 4 heteroatoms. The molecule has 22 heavy (non-hydrogen) atoms. The third-order valence-corrected chi connectivity index (χ3v) is 3.51. The van der Waals surface area contributed by atoms with E-state index in [9.17, 15) is 4.79 Å². The van der Waals surface area contributed by atoms with Gasteiger partial charge >= 0.3 is 0 Å². The predicted molar refractivity (Wildman–Crippen MR) is 84.6 cm³/mol. The molecule has 0 saturated carbocycles. The number of rotatable bonds is 4. The molecule has 112 valence electrons. The summed E-state index contributed by atoms with van der Waals surface area (Å²) < 4.78 is 10.6. The topological polar surface area (TPSA) is 47.6 Å². The largest absolute Gasteiger partial charge is 0.454 e. The van der Waals surface area contributed by atoms with E-state index in [1.165, 1.54) is 0 Å². The molecule has 0 spiro atoms. The maximum atomic E-state index is 11.9. The molecule has 2 aromatic carbocycles. The first-order valence-electron chi connectivity index (χ1n) is 7.12. The lowest BCUT2D eigenvalue weighted by atomic mass is 10.1. The Hall–Kier alpha value is -2.75. The second-order valence-electron chi connectivity index (χ2n) is 5.10. The minimum Gasteiger partial charge on any atom is -0.454 e. The highest BCUT2D eigenvalue weighted by Gasteiger charge is 2.13. The van der Waals surface area contributed by atoms with Gasteiger partial charge in [-0.15, -0.1) is 0 Å². The van der Waals surface area contributed by atoms with Crippen molar-refractivity contribution in [3.8, 4) is 11.5 Å². The van der Waals surface area contributed by atoms with Crippen LogP contribution in [0.5, 0.6) is 11.5 Å². The van der Waals surface area contributed by atoms with Gasteiger partial charge in [-0.1, -0.05) is 30.3 Å². The molecule has 1 N–H and O–H groups in total. The number of ether oxygens (including phenoxy) is 2. The molecule has 0 radical (unpaired) electrons. The molecular formula is C18H17NO3. The first-order chi connectivity index (χ1) is 10.7. The van der Waals surface area contributed by atoms with E-state index in [-0.39, 0.29) is 12.7 Å². The van der Waals surface area contributed by atoms with Crippen molar-refractivity contribution in [2.75, 3.05) is 6.79 Å². The highest BCUT2D eigenvalue weighted by molar-refractivity contribution is 5.91. The van der Waals surface area contributed by atoms with Crippen molar-refractivity contribution in [3.05, 3.63) is 65.2 Å². The van der Waals surface area contributed by atoms with Crippen LogP contribution in [0.3, 0.4) is 0 Å². The Morgan fingerprint density at radius 2 is 2.00 bits per heavy atom. The Labute approximate surface area is 129 Å². The van der Waals surface area contributed by atoms with Crippen molar-refractivity contribution in [2.24, 2.45) is 0 Å². The van der Waals surface area contributed by atoms with Crippen LogP contribution in [-0.2, 0) is 11.3 Å². The molecule has 2 aromatic rings. The van der Waals surface area contributed by atoms with Crippen molar-refractivity contribution in [2.45, 2.75) is 13.5 Å². The maximum Gasteiger partial charge on any atom is 0.244 e. The quantitative estimate of drug-likeness (QED) is 0.882. The summed E-state index contributed by atoms with van der Waals surface area (Å²) in [6.07, 6.45) is 3.37. The fraction of sp³-hybridized carbons (Fsp3) is 0.167. The molecule has 1 aliphatic heterocycles. The van der Waals surface area contributed by atoms with Gasteiger partial charge in [0.15, 0.2) is 11.5 Å². The molecule has 0 unspecified atom stereocenters. The third kappa shape index (κ3) is 3.28. The van der Waals surface area contributed by atoms with Gasteiger partial charge in [0.2, 0.25) is 12.7 Å². The number of fused-ring (bicyclic) bond motifs is 1. The number of nitrogens with one attached hydrogen (secondary N) is 1. The smallest absolute Gasteiger partial charge is 0.244 e. The summed E-state index contributed by atoms with van der Waals surface area (Å²) in [5, 5.41) is 2.86. The molecule has 3 rings (SSSR count). The molecule has 0 aliphatic carbocycles. The van der Waals surface area contributed by atoms with Gasteiger partial charge in [-0.05, 0) is 41.8 Å². The zero-order valence-electron chi connectivity index (χ0n) is 12.3. The fourth-order valence-corrected chi connectivity index (χ4v) is 2.24. The van der Waals surface area contributed by atoms with Crippen LogP contribution in [0, 0.1) is 6.92 Å². The molecule has 0 fully saturated rings. The van der Waals surface area contributed by atoms with E-state index in [1.807, 2.05) is 55.5 Å². The Balaban J connectivity index is 1.57. The van der Waals surface area contributed by atoms with Crippen LogP contribution >= 0.6 is 0 Å². The number of hydrogen-bond donors (Lipinski definition) is 1. The summed E-state index contributed by atoms with van der Waals surface area (Å²) in [6, 6.07) is 13.6. The average Bonchev–Trinajstić information content (AvgIpc) is 2.99. The van der Waals surface area contributed by atoms with Crippen molar-refractivity contribution >= 4 is 12.0 Å². The van der Waals surface area contributed by atoms with Crippen LogP contribution in [0.2, 0.25) is 0 Å². The van der Waals surface area contributed by atoms with E-state index < -0.39 is 0 Å². The number of amides is 1. The van der Waals surface area contributed by atoms with E-state index in [0.29, 0.717) is 6.54 Å². The van der Waals surface area contributed by atoms with E-state index in [0.717, 1.165) is 28.2 Å². The monoisotopic (exact) mass is 295 g/mol. The number of carbonyl (C=O) groups excluding carboxylic acids is 1. The van der Waals surface area contributed by atoms with Crippen LogP contribution in [0.1, 0.15) is 16.7 Å². The van der Waals surface area contributed by atoms with E-state index in [1.54, 1.807) is 6.08 Å². The van der Waals surface area contributed by atoms with Crippen LogP contribution in [0.25, 0.3) is 6.08 Å². The molecule has 4 nitrogen and oxygen atoms in total. The van der Waals surface area contributed by atoms with Crippen LogP contribution in [0.15, 0.2) is 48.5 Å². The van der Waals surface area contributed by atoms with Crippen LogP contribution in [-0.4, -0.2) is 12.7 Å². The second-order valence-corrected chi connectivity index (χ2v) is 5.10. The minimum absolute atomic E-state index is 0.124. The van der Waals surface area contributed by atoms with Crippen molar-refractivity contribution in [1.29, 1.82) is 0 Å². The first-order valence-corrected chi connectivity index (χ1v) is 7.12. The SMILES string of the molecule is Cc1ccccc1/C=C/C(=O)NCc1ccc2c(c1)OCO2. The Bertz CT molecular complexity index is 722. The molecule has 1 amide bonds. The predicted octanol–water partition coefficient (Wildman–Crippen LogP) is 3.05. The molecule has 0 atom stereocenters. The van der Waals surface area contributed by atoms with E-state index in [2.05, 4.69) is 5.32 Å². The zero-order valence-corrected chi connectivity index (χ0v) is 12.3. The molecule has 0 aromatic heterocycles. The lowest BCUT2D eigenvalue weighted by molar-refractivity contribution is -0.116. The maximum absolute atomic E-state index is 11.9. The van der Waals surface area contributed by atoms with Gasteiger partial charge in [0.1, 0.15) is 0 Å². The summed E-state index contributed by atoms with van der Waals surface area (Å²) in [7, 11) is 0. The summed E-state index contributed by atoms with van der Waals surface area (Å²) in [4.78, 5) is 11.9. The second kappa shape index (κ2) is 6.35. The van der Waals surface area contributed by atoms with Gasteiger partial charge in [-0.2, -0.15) is 0 Å². The standard InChI is InChI=1S/C18H17NO3/c1-13-4-2-3-5-15(13)7-9-18(20)19-11-14-6-8-16-17(10-14)22-12-21-16/h2-10H,11-12H2,1H3,(H,19,20)/b9-7+. The van der Waals surface area contributed by atoms with Crippen LogP contribution in [0.4, 0.5) is 0 Å². The summed E-state index contributed by atoms with van der Waals surface area (Å²) in [5.41, 5.74) is 3.16. The van der Waals surface area contributed by atoms with E-state index >= 15 is 0 Å². The summed E-state index contributed by atoms with van der Waals surface area (Å²) in [5.74, 6) is 1.35. The zero-order chi connectivity index (χ0) is 15.4. The molecule has 1 aliphatic rings. The van der Waals surface area contributed by atoms with Gasteiger partial charge in [0, 0.05) is 12.6 Å². The van der Waals surface area contributed by atoms with Gasteiger partial charge in [-0.3, -0.25) is 4.79 Å². The van der Waals surface area contributed by atoms with Crippen LogP contribution < -0.4 is 14.8 Å². The Morgan fingerprint density at radius 1 is 1.18 bits per heavy atom.